The zero-order chi connectivity index (χ0) is 6.50. The first-order valence-electron chi connectivity index (χ1n) is 1.07. The quantitative estimate of drug-likeness (QED) is 0.289. The first-order chi connectivity index (χ1) is 3.00. The van der Waals surface area contributed by atoms with Crippen molar-refractivity contribution in [2.45, 2.75) is 0 Å². The monoisotopic (exact) mass is 342 g/mol. The molecule has 11 N–H and O–H groups in total. The van der Waals surface area contributed by atoms with Crippen molar-refractivity contribution in [3.63, 3.8) is 0 Å². The van der Waals surface area contributed by atoms with Crippen LogP contribution < -0.4 is 0 Å². The smallest absolute Gasteiger partial charge is 0 e. The first-order valence-corrected chi connectivity index (χ1v) is 3.21. The van der Waals surface area contributed by atoms with Gasteiger partial charge >= 0.3 is 27.9 Å². The van der Waals surface area contributed by atoms with Crippen LogP contribution in [-0.2, 0) is 47.3 Å². The Balaban J connectivity index is -0.00000000492. The minimum Gasteiger partial charge on any atom is 0 e. The fourth-order valence-corrected chi connectivity index (χ4v) is 0. The Hall–Kier alpha value is 1.53. The minimum absolute atomic E-state index is 0. The van der Waals surface area contributed by atoms with Crippen molar-refractivity contribution in [3.05, 3.63) is 0 Å². The molecule has 0 aliphatic heterocycles. The van der Waals surface area contributed by atoms with Crippen molar-refractivity contribution >= 4 is 24.0 Å². The van der Waals surface area contributed by atoms with Gasteiger partial charge in [0, 0.05) is 39.0 Å². The van der Waals surface area contributed by atoms with E-state index in [1.807, 2.05) is 0 Å². The second-order valence-electron chi connectivity index (χ2n) is 0.513. The molecule has 0 fully saturated rings. The number of hydrogen-bond donors (Lipinski definition) is 3. The third-order valence-electron chi connectivity index (χ3n) is 0. The molecule has 0 atom stereocenters. The summed E-state index contributed by atoms with van der Waals surface area (Å²) in [6.07, 6.45) is 0. The Morgan fingerprint density at radius 2 is 0.769 bits per heavy atom. The fraction of sp³-hybridized carbons (Fsp3) is 0. The Bertz CT molecular complexity index is 73.4. The van der Waals surface area contributed by atoms with Gasteiger partial charge in [-0.25, -0.2) is 4.57 Å². The molecule has 0 radical (unpaired) electrons. The largest absolute Gasteiger partial charge is 0 e. The topological polar surface area (TPSA) is 221 Å². The van der Waals surface area contributed by atoms with E-state index < -0.39 is 7.82 Å². The maximum Gasteiger partial charge on any atom is 0 e. The molecule has 78 valence electrons. The maximum atomic E-state index is 8.88. The molecule has 0 rings (SSSR count). The number of hydrogen-bond acceptors (Lipinski definition) is 2. The van der Waals surface area contributed by atoms with Crippen LogP contribution in [0.4, 0.5) is 0 Å². The van der Waals surface area contributed by atoms with Gasteiger partial charge in [0.15, 0.2) is 0 Å². The average Bonchev–Trinajstić information content (AvgIpc) is 1.36. The zero-order valence-electron chi connectivity index (χ0n) is 6.73. The van der Waals surface area contributed by atoms with Gasteiger partial charge < -0.3 is 36.6 Å². The van der Waals surface area contributed by atoms with Gasteiger partial charge in [0.05, 0.1) is 0 Å². The maximum absolute atomic E-state index is 8.88. The predicted octanol–water partition coefficient (Wildman–Crippen LogP) is -5.00. The fourth-order valence-electron chi connectivity index (χ4n) is 0. The normalized spacial score (nSPS) is 4.77. The summed E-state index contributed by atoms with van der Waals surface area (Å²) in [5, 5.41) is 0. The molecule has 0 aromatic carbocycles. The molecular weight excluding hydrogens is 333 g/mol. The van der Waals surface area contributed by atoms with Crippen LogP contribution >= 0.6 is 7.82 Å². The molecule has 0 saturated heterocycles. The Morgan fingerprint density at radius 3 is 0.769 bits per heavy atom. The van der Waals surface area contributed by atoms with Gasteiger partial charge in [-0.05, 0) is 0 Å². The predicted molar refractivity (Wildman–Crippen MR) is 36.6 cm³/mol. The molecule has 0 aromatic heterocycles. The van der Waals surface area contributed by atoms with Crippen molar-refractivity contribution in [3.8, 4) is 0 Å². The molecule has 13 heteroatoms. The summed E-state index contributed by atoms with van der Waals surface area (Å²) in [5.74, 6) is 0. The molecule has 0 amide bonds. The van der Waals surface area contributed by atoms with Crippen LogP contribution in [0.15, 0.2) is 0 Å². The summed E-state index contributed by atoms with van der Waals surface area (Å²) in [4.78, 5) is 21.6. The van der Waals surface area contributed by atoms with E-state index in [0.717, 1.165) is 0 Å². The number of phosphoric acid groups is 1. The van der Waals surface area contributed by atoms with Crippen molar-refractivity contribution < 1.29 is 83.9 Å². The van der Waals surface area contributed by atoms with Crippen LogP contribution in [-0.4, -0.2) is 52.8 Å². The van der Waals surface area contributed by atoms with Gasteiger partial charge in [0.2, 0.25) is 0 Å². The molecule has 0 bridgehead atoms. The van der Waals surface area contributed by atoms with Crippen molar-refractivity contribution in [1.82, 2.24) is 0 Å². The van der Waals surface area contributed by atoms with Crippen LogP contribution in [0, 0.1) is 0 Å². The standard InChI is InChI=1S/Al.H3O4P.4H2O.O.2Zn.H/c;1-5(2,3)4;;;;;;;;/h;(H3,1,2,3,4);4*1H2;;;;. The van der Waals surface area contributed by atoms with Crippen LogP contribution in [0.5, 0.6) is 0 Å². The van der Waals surface area contributed by atoms with E-state index in [-0.39, 0.29) is 60.9 Å². The average molecular weight is 345 g/mol. The number of rotatable bonds is 0. The van der Waals surface area contributed by atoms with Gasteiger partial charge in [-0.2, -0.15) is 0 Å². The Labute approximate surface area is 108 Å². The molecule has 0 aromatic rings. The summed E-state index contributed by atoms with van der Waals surface area (Å²) >= 11 is 0.611. The summed E-state index contributed by atoms with van der Waals surface area (Å²) in [6.45, 7) is 0. The van der Waals surface area contributed by atoms with E-state index in [1.54, 1.807) is 0 Å². The van der Waals surface area contributed by atoms with Gasteiger partial charge in [0.1, 0.15) is 0 Å². The van der Waals surface area contributed by atoms with E-state index in [9.17, 15) is 0 Å². The molecular formula is H12AlO9PZn2. The van der Waals surface area contributed by atoms with Crippen molar-refractivity contribution in [1.29, 1.82) is 0 Å². The zero-order valence-corrected chi connectivity index (χ0v) is 15.0. The SMILES string of the molecule is O.O.O.O.O=P(O)(O)O.[O]=[AlH].[Zn].[Zn]. The molecule has 0 unspecified atom stereocenters. The molecule has 13 heavy (non-hydrogen) atoms. The Kier molecular flexibility index (Phi) is 180. The van der Waals surface area contributed by atoms with E-state index in [1.165, 1.54) is 0 Å². The third kappa shape index (κ3) is 769. The molecule has 0 heterocycles. The minimum atomic E-state index is -4.64. The van der Waals surface area contributed by atoms with Crippen molar-refractivity contribution in [2.24, 2.45) is 0 Å². The van der Waals surface area contributed by atoms with Gasteiger partial charge in [-0.1, -0.05) is 0 Å². The molecule has 0 saturated carbocycles. The van der Waals surface area contributed by atoms with E-state index in [2.05, 4.69) is 0 Å². The van der Waals surface area contributed by atoms with E-state index in [4.69, 9.17) is 23.0 Å². The summed E-state index contributed by atoms with van der Waals surface area (Å²) < 4.78 is 17.2. The summed E-state index contributed by atoms with van der Waals surface area (Å²) in [5.41, 5.74) is 0. The van der Waals surface area contributed by atoms with E-state index >= 15 is 0 Å². The first kappa shape index (κ1) is 62.4. The van der Waals surface area contributed by atoms with Crippen LogP contribution in [0.25, 0.3) is 0 Å². The molecule has 9 nitrogen and oxygen atoms in total. The van der Waals surface area contributed by atoms with Gasteiger partial charge in [-0.3, -0.25) is 0 Å². The van der Waals surface area contributed by atoms with Crippen molar-refractivity contribution in [2.75, 3.05) is 0 Å². The summed E-state index contributed by atoms with van der Waals surface area (Å²) in [6, 6.07) is 0. The van der Waals surface area contributed by atoms with Gasteiger partial charge in [0.25, 0.3) is 0 Å². The van der Waals surface area contributed by atoms with E-state index in [0.29, 0.717) is 16.2 Å². The van der Waals surface area contributed by atoms with Gasteiger partial charge in [-0.15, -0.1) is 0 Å². The van der Waals surface area contributed by atoms with Crippen LogP contribution in [0.2, 0.25) is 0 Å². The molecule has 0 spiro atoms. The molecule has 0 aliphatic carbocycles. The second kappa shape index (κ2) is 37.5. The third-order valence-corrected chi connectivity index (χ3v) is 0. The second-order valence-corrected chi connectivity index (χ2v) is 1.54. The molecule has 0 aliphatic rings. The van der Waals surface area contributed by atoms with Crippen LogP contribution in [0.3, 0.4) is 0 Å². The Morgan fingerprint density at radius 1 is 0.769 bits per heavy atom. The summed E-state index contributed by atoms with van der Waals surface area (Å²) in [7, 11) is -4.64. The van der Waals surface area contributed by atoms with Crippen LogP contribution in [0.1, 0.15) is 0 Å².